The van der Waals surface area contributed by atoms with E-state index in [-0.39, 0.29) is 24.2 Å². The number of rotatable bonds is 7. The minimum absolute atomic E-state index is 0. The maximum Gasteiger partial charge on any atom is 0.246 e. The number of aryl methyl sites for hydroxylation is 1. The van der Waals surface area contributed by atoms with Crippen LogP contribution in [0.4, 0.5) is 5.82 Å². The Hall–Kier alpha value is -2.82. The lowest BCUT2D eigenvalue weighted by atomic mass is 10.1. The second-order valence-corrected chi connectivity index (χ2v) is 10.8. The molecule has 0 unspecified atom stereocenters. The van der Waals surface area contributed by atoms with Gasteiger partial charge in [-0.25, -0.2) is 4.98 Å². The lowest BCUT2D eigenvalue weighted by Crippen LogP contribution is -2.42. The molecule has 2 aliphatic heterocycles. The topological polar surface area (TPSA) is 78.0 Å². The number of amides is 2. The number of hydrogen-bond donors (Lipinski definition) is 1. The summed E-state index contributed by atoms with van der Waals surface area (Å²) in [5.41, 5.74) is 3.03. The first-order chi connectivity index (χ1) is 18.0. The van der Waals surface area contributed by atoms with Crippen molar-refractivity contribution in [3.8, 4) is 0 Å². The largest absolute Gasteiger partial charge is 0.379 e. The van der Waals surface area contributed by atoms with Crippen molar-refractivity contribution in [2.75, 3.05) is 58.3 Å². The van der Waals surface area contributed by atoms with Crippen molar-refractivity contribution in [3.05, 3.63) is 64.2 Å². The van der Waals surface area contributed by atoms with E-state index in [2.05, 4.69) is 39.2 Å². The number of halogens is 1. The van der Waals surface area contributed by atoms with Crippen LogP contribution in [0.5, 0.6) is 0 Å². The van der Waals surface area contributed by atoms with Crippen LogP contribution < -0.4 is 5.32 Å². The van der Waals surface area contributed by atoms with Gasteiger partial charge in [-0.2, -0.15) is 0 Å². The molecule has 1 saturated heterocycles. The highest BCUT2D eigenvalue weighted by atomic mass is 35.5. The van der Waals surface area contributed by atoms with Crippen LogP contribution in [0.3, 0.4) is 0 Å². The van der Waals surface area contributed by atoms with Crippen molar-refractivity contribution in [2.45, 2.75) is 20.0 Å². The molecule has 202 valence electrons. The Morgan fingerprint density at radius 1 is 1.18 bits per heavy atom. The molecule has 0 spiro atoms. The molecule has 1 N–H and O–H groups in total. The molecule has 0 saturated carbocycles. The van der Waals surface area contributed by atoms with Gasteiger partial charge in [0.25, 0.3) is 0 Å². The molecule has 2 aromatic heterocycles. The number of fused-ring (bicyclic) bond motifs is 2. The Balaban J connectivity index is 0.00000336. The highest BCUT2D eigenvalue weighted by Gasteiger charge is 2.21. The number of thiophene rings is 1. The molecule has 1 aromatic carbocycles. The van der Waals surface area contributed by atoms with Crippen molar-refractivity contribution in [1.82, 2.24) is 19.7 Å². The molecular weight excluding hydrogens is 522 g/mol. The fourth-order valence-corrected chi connectivity index (χ4v) is 6.02. The van der Waals surface area contributed by atoms with Gasteiger partial charge >= 0.3 is 0 Å². The number of benzene rings is 1. The van der Waals surface area contributed by atoms with Gasteiger partial charge in [0, 0.05) is 67.2 Å². The molecule has 0 bridgehead atoms. The Morgan fingerprint density at radius 2 is 1.95 bits per heavy atom. The van der Waals surface area contributed by atoms with Crippen molar-refractivity contribution in [1.29, 1.82) is 0 Å². The highest BCUT2D eigenvalue weighted by molar-refractivity contribution is 7.19. The normalized spacial score (nSPS) is 16.6. The van der Waals surface area contributed by atoms with E-state index in [1.165, 1.54) is 20.5 Å². The number of nitrogens with zero attached hydrogens (tertiary/aromatic N) is 4. The number of hydrogen-bond acceptors (Lipinski definition) is 7. The van der Waals surface area contributed by atoms with Crippen LogP contribution in [0.2, 0.25) is 0 Å². The number of carbonyl (C=O) groups is 2. The Bertz CT molecular complexity index is 1320. The number of aromatic nitrogens is 1. The average Bonchev–Trinajstić information content (AvgIpc) is 3.12. The van der Waals surface area contributed by atoms with Crippen molar-refractivity contribution >= 4 is 57.5 Å². The second-order valence-electron chi connectivity index (χ2n) is 9.66. The first-order valence-corrected chi connectivity index (χ1v) is 13.5. The van der Waals surface area contributed by atoms with E-state index < -0.39 is 0 Å². The van der Waals surface area contributed by atoms with Crippen molar-refractivity contribution in [2.24, 2.45) is 0 Å². The molecule has 4 heterocycles. The van der Waals surface area contributed by atoms with E-state index in [0.717, 1.165) is 50.5 Å². The summed E-state index contributed by atoms with van der Waals surface area (Å²) in [6.07, 6.45) is 5.09. The molecule has 0 aliphatic carbocycles. The van der Waals surface area contributed by atoms with E-state index in [1.807, 2.05) is 25.2 Å². The smallest absolute Gasteiger partial charge is 0.246 e. The Morgan fingerprint density at radius 3 is 2.74 bits per heavy atom. The lowest BCUT2D eigenvalue weighted by Gasteiger charge is -2.29. The van der Waals surface area contributed by atoms with Gasteiger partial charge in [-0.05, 0) is 41.6 Å². The molecule has 2 amide bonds. The first kappa shape index (κ1) is 28.2. The number of nitrogens with one attached hydrogen (secondary N) is 1. The predicted molar refractivity (Wildman–Crippen MR) is 155 cm³/mol. The summed E-state index contributed by atoms with van der Waals surface area (Å²) in [5, 5.41) is 4.17. The molecule has 0 atom stereocenters. The number of pyridine rings is 1. The lowest BCUT2D eigenvalue weighted by molar-refractivity contribution is -0.125. The standard InChI is InChI=1S/C28H33N5O3S.ClH/c1-20-23-5-3-4-6-24(23)37-25(20)18-31(2)27(35)8-7-21-15-22-17-33(10-9-32-11-13-36-14-12-32)19-26(34)30-28(22)29-16-21;/h3-8,15-16H,9-14,17-19H2,1-2H3,(H,29,30,34);1H. The zero-order chi connectivity index (χ0) is 25.8. The van der Waals surface area contributed by atoms with Gasteiger partial charge in [0.15, 0.2) is 0 Å². The summed E-state index contributed by atoms with van der Waals surface area (Å²) in [6, 6.07) is 10.4. The van der Waals surface area contributed by atoms with Gasteiger partial charge < -0.3 is 15.0 Å². The maximum atomic E-state index is 12.9. The van der Waals surface area contributed by atoms with Gasteiger partial charge in [-0.3, -0.25) is 19.4 Å². The fraction of sp³-hybridized carbons (Fsp3) is 0.393. The molecule has 2 aliphatic rings. The molecule has 8 nitrogen and oxygen atoms in total. The Labute approximate surface area is 233 Å². The summed E-state index contributed by atoms with van der Waals surface area (Å²) in [7, 11) is 1.83. The van der Waals surface area contributed by atoms with Crippen LogP contribution in [-0.4, -0.2) is 84.5 Å². The van der Waals surface area contributed by atoms with E-state index in [4.69, 9.17) is 4.74 Å². The number of likely N-dealkylation sites (N-methyl/N-ethyl adjacent to an activating group) is 1. The average molecular weight is 556 g/mol. The molecule has 10 heteroatoms. The zero-order valence-electron chi connectivity index (χ0n) is 21.8. The summed E-state index contributed by atoms with van der Waals surface area (Å²) in [4.78, 5) is 37.2. The minimum atomic E-state index is -0.0627. The van der Waals surface area contributed by atoms with E-state index in [9.17, 15) is 9.59 Å². The zero-order valence-corrected chi connectivity index (χ0v) is 23.4. The second kappa shape index (κ2) is 12.8. The van der Waals surface area contributed by atoms with Crippen LogP contribution in [-0.2, 0) is 27.4 Å². The van der Waals surface area contributed by atoms with E-state index in [0.29, 0.717) is 25.5 Å². The van der Waals surface area contributed by atoms with Crippen molar-refractivity contribution in [3.63, 3.8) is 0 Å². The molecule has 3 aromatic rings. The van der Waals surface area contributed by atoms with Gasteiger partial charge in [0.2, 0.25) is 11.8 Å². The third-order valence-electron chi connectivity index (χ3n) is 6.96. The third kappa shape index (κ3) is 6.78. The summed E-state index contributed by atoms with van der Waals surface area (Å²) < 4.78 is 6.67. The predicted octanol–water partition coefficient (Wildman–Crippen LogP) is 3.78. The molecule has 38 heavy (non-hydrogen) atoms. The third-order valence-corrected chi connectivity index (χ3v) is 8.22. The highest BCUT2D eigenvalue weighted by Crippen LogP contribution is 2.31. The van der Waals surface area contributed by atoms with Crippen LogP contribution in [0, 0.1) is 6.92 Å². The minimum Gasteiger partial charge on any atom is -0.379 e. The van der Waals surface area contributed by atoms with Gasteiger partial charge in [-0.15, -0.1) is 23.7 Å². The maximum absolute atomic E-state index is 12.9. The van der Waals surface area contributed by atoms with E-state index in [1.54, 1.807) is 34.6 Å². The SMILES string of the molecule is Cc1c(CN(C)C(=O)C=Cc2cnc3c(c2)CN(CCN2CCOCC2)CC(=O)N3)sc2ccccc12.Cl. The number of morpholine rings is 1. The number of carbonyl (C=O) groups excluding carboxylic acids is 2. The van der Waals surface area contributed by atoms with Gasteiger partial charge in [0.05, 0.1) is 26.3 Å². The van der Waals surface area contributed by atoms with Crippen LogP contribution >= 0.6 is 23.7 Å². The van der Waals surface area contributed by atoms with Crippen LogP contribution in [0.1, 0.15) is 21.6 Å². The van der Waals surface area contributed by atoms with Crippen LogP contribution in [0.15, 0.2) is 42.6 Å². The fourth-order valence-electron chi connectivity index (χ4n) is 4.75. The number of anilines is 1. The van der Waals surface area contributed by atoms with Crippen LogP contribution in [0.25, 0.3) is 16.2 Å². The van der Waals surface area contributed by atoms with Gasteiger partial charge in [0.1, 0.15) is 5.82 Å². The van der Waals surface area contributed by atoms with Crippen molar-refractivity contribution < 1.29 is 14.3 Å². The van der Waals surface area contributed by atoms with E-state index >= 15 is 0 Å². The monoisotopic (exact) mass is 555 g/mol. The molecule has 0 radical (unpaired) electrons. The summed E-state index contributed by atoms with van der Waals surface area (Å²) in [6.45, 7) is 8.75. The first-order valence-electron chi connectivity index (χ1n) is 12.7. The molecular formula is C28H34ClN5O3S. The Kier molecular flexibility index (Phi) is 9.51. The molecule has 5 rings (SSSR count). The number of ether oxygens (including phenoxy) is 1. The summed E-state index contributed by atoms with van der Waals surface area (Å²) in [5.74, 6) is 0.483. The van der Waals surface area contributed by atoms with Gasteiger partial charge in [-0.1, -0.05) is 18.2 Å². The summed E-state index contributed by atoms with van der Waals surface area (Å²) >= 11 is 1.74. The quantitative estimate of drug-likeness (QED) is 0.447. The molecule has 1 fully saturated rings.